The van der Waals surface area contributed by atoms with Crippen molar-refractivity contribution in [2.75, 3.05) is 5.73 Å². The largest absolute Gasteiger partial charge is 0.459 e. The summed E-state index contributed by atoms with van der Waals surface area (Å²) in [7, 11) is 0. The monoisotopic (exact) mass is 275 g/mol. The van der Waals surface area contributed by atoms with E-state index < -0.39 is 11.8 Å². The number of halogens is 2. The first kappa shape index (κ1) is 12.0. The molecule has 0 amide bonds. The lowest BCUT2D eigenvalue weighted by atomic mass is 10.2. The van der Waals surface area contributed by atoms with Crippen LogP contribution in [0.3, 0.4) is 0 Å². The number of nitrogens with two attached hydrogens (primary N) is 1. The normalized spacial score (nSPS) is 10.5. The molecule has 0 aliphatic carbocycles. The van der Waals surface area contributed by atoms with Crippen molar-refractivity contribution < 1.29 is 13.9 Å². The fourth-order valence-electron chi connectivity index (χ4n) is 1.05. The maximum atomic E-state index is 13.1. The fourth-order valence-corrected chi connectivity index (χ4v) is 1.56. The number of ether oxygens (including phenoxy) is 1. The summed E-state index contributed by atoms with van der Waals surface area (Å²) in [6.07, 6.45) is -0.271. The molecular weight excluding hydrogens is 265 g/mol. The van der Waals surface area contributed by atoms with E-state index in [0.717, 1.165) is 0 Å². The smallest absolute Gasteiger partial charge is 0.341 e. The Morgan fingerprint density at radius 3 is 2.67 bits per heavy atom. The number of rotatable bonds is 2. The molecule has 0 bridgehead atoms. The highest BCUT2D eigenvalue weighted by Crippen LogP contribution is 2.26. The lowest BCUT2D eigenvalue weighted by Crippen LogP contribution is -2.14. The van der Waals surface area contributed by atoms with Gasteiger partial charge in [-0.15, -0.1) is 0 Å². The van der Waals surface area contributed by atoms with E-state index in [0.29, 0.717) is 4.47 Å². The van der Waals surface area contributed by atoms with Crippen LogP contribution in [0, 0.1) is 5.82 Å². The van der Waals surface area contributed by atoms with E-state index in [1.165, 1.54) is 12.1 Å². The number of benzene rings is 1. The third kappa shape index (κ3) is 2.68. The zero-order valence-corrected chi connectivity index (χ0v) is 9.97. The Morgan fingerprint density at radius 2 is 2.13 bits per heavy atom. The summed E-state index contributed by atoms with van der Waals surface area (Å²) >= 11 is 3.12. The summed E-state index contributed by atoms with van der Waals surface area (Å²) in [4.78, 5) is 11.6. The highest BCUT2D eigenvalue weighted by molar-refractivity contribution is 9.10. The van der Waals surface area contributed by atoms with E-state index in [9.17, 15) is 9.18 Å². The van der Waals surface area contributed by atoms with Crippen molar-refractivity contribution in [1.29, 1.82) is 0 Å². The number of esters is 1. The predicted molar refractivity (Wildman–Crippen MR) is 59.1 cm³/mol. The molecule has 3 nitrogen and oxygen atoms in total. The number of nitrogen functional groups attached to an aromatic ring is 1. The van der Waals surface area contributed by atoms with Crippen molar-refractivity contribution in [3.8, 4) is 0 Å². The van der Waals surface area contributed by atoms with Crippen molar-refractivity contribution in [1.82, 2.24) is 0 Å². The lowest BCUT2D eigenvalue weighted by molar-refractivity contribution is 0.0377. The van der Waals surface area contributed by atoms with Crippen LogP contribution in [0.4, 0.5) is 10.1 Å². The SMILES string of the molecule is CC(C)OC(=O)c1c(Br)ccc(F)c1N. The van der Waals surface area contributed by atoms with Gasteiger partial charge in [0.2, 0.25) is 0 Å². The first-order chi connectivity index (χ1) is 6.93. The Hall–Kier alpha value is -1.10. The molecule has 0 atom stereocenters. The van der Waals surface area contributed by atoms with Gasteiger partial charge in [0, 0.05) is 4.47 Å². The topological polar surface area (TPSA) is 52.3 Å². The maximum Gasteiger partial charge on any atom is 0.341 e. The van der Waals surface area contributed by atoms with Gasteiger partial charge in [-0.2, -0.15) is 0 Å². The molecule has 0 saturated heterocycles. The zero-order valence-electron chi connectivity index (χ0n) is 8.38. The molecule has 1 rings (SSSR count). The van der Waals surface area contributed by atoms with Crippen molar-refractivity contribution in [2.24, 2.45) is 0 Å². The van der Waals surface area contributed by atoms with Gasteiger partial charge in [-0.1, -0.05) is 0 Å². The number of hydrogen-bond acceptors (Lipinski definition) is 3. The molecule has 0 aromatic heterocycles. The number of carbonyl (C=O) groups excluding carboxylic acids is 1. The minimum Gasteiger partial charge on any atom is -0.459 e. The fraction of sp³-hybridized carbons (Fsp3) is 0.300. The minimum atomic E-state index is -0.631. The van der Waals surface area contributed by atoms with Gasteiger partial charge >= 0.3 is 5.97 Å². The molecule has 1 aromatic rings. The second-order valence-corrected chi connectivity index (χ2v) is 4.13. The van der Waals surface area contributed by atoms with Crippen LogP contribution in [-0.2, 0) is 4.74 Å². The van der Waals surface area contributed by atoms with Crippen LogP contribution in [-0.4, -0.2) is 12.1 Å². The van der Waals surface area contributed by atoms with Crippen LogP contribution in [0.1, 0.15) is 24.2 Å². The average Bonchev–Trinajstić information content (AvgIpc) is 2.11. The van der Waals surface area contributed by atoms with E-state index in [1.807, 2.05) is 0 Å². The van der Waals surface area contributed by atoms with Gasteiger partial charge in [-0.25, -0.2) is 9.18 Å². The van der Waals surface area contributed by atoms with Crippen molar-refractivity contribution >= 4 is 27.6 Å². The first-order valence-corrected chi connectivity index (χ1v) is 5.17. The van der Waals surface area contributed by atoms with E-state index >= 15 is 0 Å². The molecule has 15 heavy (non-hydrogen) atoms. The Labute approximate surface area is 95.5 Å². The highest BCUT2D eigenvalue weighted by atomic mass is 79.9. The summed E-state index contributed by atoms with van der Waals surface area (Å²) in [6, 6.07) is 2.61. The third-order valence-corrected chi connectivity index (χ3v) is 2.35. The van der Waals surface area contributed by atoms with E-state index in [-0.39, 0.29) is 17.4 Å². The zero-order chi connectivity index (χ0) is 11.6. The predicted octanol–water partition coefficient (Wildman–Crippen LogP) is 2.74. The van der Waals surface area contributed by atoms with Gasteiger partial charge in [0.05, 0.1) is 17.4 Å². The molecule has 0 fully saturated rings. The van der Waals surface area contributed by atoms with Gasteiger partial charge in [0.15, 0.2) is 0 Å². The Kier molecular flexibility index (Phi) is 3.68. The van der Waals surface area contributed by atoms with Gasteiger partial charge in [0.1, 0.15) is 5.82 Å². The summed E-state index contributed by atoms with van der Waals surface area (Å²) in [5.41, 5.74) is 5.29. The van der Waals surface area contributed by atoms with Gasteiger partial charge in [-0.3, -0.25) is 0 Å². The van der Waals surface area contributed by atoms with Crippen molar-refractivity contribution in [3.63, 3.8) is 0 Å². The third-order valence-electron chi connectivity index (χ3n) is 1.69. The van der Waals surface area contributed by atoms with Crippen LogP contribution < -0.4 is 5.73 Å². The maximum absolute atomic E-state index is 13.1. The van der Waals surface area contributed by atoms with Crippen molar-refractivity contribution in [2.45, 2.75) is 20.0 Å². The molecule has 0 spiro atoms. The Bertz CT molecular complexity index is 393. The van der Waals surface area contributed by atoms with E-state index in [4.69, 9.17) is 10.5 Å². The molecule has 0 aliphatic rings. The summed E-state index contributed by atoms with van der Waals surface area (Å²) in [5.74, 6) is -1.26. The van der Waals surface area contributed by atoms with Crippen LogP contribution in [0.2, 0.25) is 0 Å². The van der Waals surface area contributed by atoms with E-state index in [1.54, 1.807) is 13.8 Å². The molecule has 1 aromatic carbocycles. The molecule has 0 heterocycles. The van der Waals surface area contributed by atoms with Crippen LogP contribution in [0.5, 0.6) is 0 Å². The Morgan fingerprint density at radius 1 is 1.53 bits per heavy atom. The second kappa shape index (κ2) is 4.61. The summed E-state index contributed by atoms with van der Waals surface area (Å²) in [6.45, 7) is 3.42. The molecule has 5 heteroatoms. The molecule has 82 valence electrons. The quantitative estimate of drug-likeness (QED) is 0.667. The van der Waals surface area contributed by atoms with Gasteiger partial charge in [-0.05, 0) is 41.9 Å². The van der Waals surface area contributed by atoms with E-state index in [2.05, 4.69) is 15.9 Å². The Balaban J connectivity index is 3.13. The van der Waals surface area contributed by atoms with Crippen molar-refractivity contribution in [3.05, 3.63) is 28.0 Å². The summed E-state index contributed by atoms with van der Waals surface area (Å²) < 4.78 is 18.5. The molecule has 0 unspecified atom stereocenters. The lowest BCUT2D eigenvalue weighted by Gasteiger charge is -2.11. The molecular formula is C10H11BrFNO2. The summed E-state index contributed by atoms with van der Waals surface area (Å²) in [5, 5.41) is 0. The standard InChI is InChI=1S/C10H11BrFNO2/c1-5(2)15-10(14)8-6(11)3-4-7(12)9(8)13/h3-5H,13H2,1-2H3. The molecule has 0 radical (unpaired) electrons. The molecule has 2 N–H and O–H groups in total. The number of anilines is 1. The number of hydrogen-bond donors (Lipinski definition) is 1. The number of carbonyl (C=O) groups is 1. The van der Waals surface area contributed by atoms with Crippen LogP contribution in [0.25, 0.3) is 0 Å². The molecule has 0 saturated carbocycles. The van der Waals surface area contributed by atoms with Gasteiger partial charge < -0.3 is 10.5 Å². The second-order valence-electron chi connectivity index (χ2n) is 3.27. The van der Waals surface area contributed by atoms with Gasteiger partial charge in [0.25, 0.3) is 0 Å². The highest BCUT2D eigenvalue weighted by Gasteiger charge is 2.19. The minimum absolute atomic E-state index is 0.0312. The first-order valence-electron chi connectivity index (χ1n) is 4.38. The molecule has 0 aliphatic heterocycles. The van der Waals surface area contributed by atoms with Crippen LogP contribution in [0.15, 0.2) is 16.6 Å². The average molecular weight is 276 g/mol. The van der Waals surface area contributed by atoms with Crippen LogP contribution >= 0.6 is 15.9 Å².